The van der Waals surface area contributed by atoms with Crippen LogP contribution in [-0.2, 0) is 15.7 Å². The highest BCUT2D eigenvalue weighted by atomic mass is 19.4. The van der Waals surface area contributed by atoms with Gasteiger partial charge in [0.1, 0.15) is 23.5 Å². The molecule has 3 aromatic rings. The summed E-state index contributed by atoms with van der Waals surface area (Å²) in [4.78, 5) is 17.4. The molecule has 1 saturated heterocycles. The largest absolute Gasteiger partial charge is 0.418 e. The van der Waals surface area contributed by atoms with Crippen LogP contribution in [-0.4, -0.2) is 38.7 Å². The predicted molar refractivity (Wildman–Crippen MR) is 110 cm³/mol. The minimum atomic E-state index is -4.87. The van der Waals surface area contributed by atoms with Gasteiger partial charge in [0.25, 0.3) is 5.91 Å². The second kappa shape index (κ2) is 7.20. The topological polar surface area (TPSA) is 110 Å². The summed E-state index contributed by atoms with van der Waals surface area (Å²) in [5.41, 5.74) is 0.830. The number of alkyl halides is 3. The monoisotopic (exact) mass is 450 g/mol. The summed E-state index contributed by atoms with van der Waals surface area (Å²) in [6.07, 6.45) is -3.95. The van der Waals surface area contributed by atoms with E-state index < -0.39 is 59.7 Å². The predicted octanol–water partition coefficient (Wildman–Crippen LogP) is 3.40. The average Bonchev–Trinajstić information content (AvgIpc) is 3.18. The molecule has 1 atom stereocenters. The molecule has 11 heteroatoms. The van der Waals surface area contributed by atoms with E-state index in [0.717, 1.165) is 36.8 Å². The Labute approximate surface area is 189 Å². The molecule has 1 aromatic carbocycles. The molecule has 0 spiro atoms. The molecule has 2 aromatic heterocycles. The van der Waals surface area contributed by atoms with Gasteiger partial charge in [-0.3, -0.25) is 4.79 Å². The highest BCUT2D eigenvalue weighted by molar-refractivity contribution is 6.01. The van der Waals surface area contributed by atoms with Gasteiger partial charge in [0.05, 0.1) is 39.2 Å². The Bertz CT molecular complexity index is 1510. The Hall–Kier alpha value is -3.65. The number of rotatable bonds is 2. The van der Waals surface area contributed by atoms with Crippen LogP contribution in [0.3, 0.4) is 0 Å². The molecule has 32 heavy (non-hydrogen) atoms. The molecular weight excluding hydrogens is 425 g/mol. The molecule has 1 fully saturated rings. The number of halogens is 3. The van der Waals surface area contributed by atoms with Crippen LogP contribution < -0.4 is 10.6 Å². The van der Waals surface area contributed by atoms with Crippen LogP contribution in [0, 0.1) is 11.3 Å². The molecule has 8 nitrogen and oxygen atoms in total. The van der Waals surface area contributed by atoms with Crippen molar-refractivity contribution in [2.45, 2.75) is 38.5 Å². The van der Waals surface area contributed by atoms with Crippen LogP contribution in [0.4, 0.5) is 24.7 Å². The summed E-state index contributed by atoms with van der Waals surface area (Å²) < 4.78 is 96.4. The van der Waals surface area contributed by atoms with Crippen LogP contribution in [0.2, 0.25) is 0 Å². The van der Waals surface area contributed by atoms with Crippen molar-refractivity contribution in [3.63, 3.8) is 0 Å². The van der Waals surface area contributed by atoms with Crippen LogP contribution in [0.15, 0.2) is 30.6 Å². The molecule has 3 heterocycles. The lowest BCUT2D eigenvalue weighted by Gasteiger charge is -2.41. The second-order valence-corrected chi connectivity index (χ2v) is 7.39. The van der Waals surface area contributed by atoms with Gasteiger partial charge in [-0.1, -0.05) is 6.07 Å². The number of morpholine rings is 1. The summed E-state index contributed by atoms with van der Waals surface area (Å²) in [7, 11) is 0. The van der Waals surface area contributed by atoms with Crippen molar-refractivity contribution >= 4 is 22.9 Å². The van der Waals surface area contributed by atoms with E-state index in [9.17, 15) is 23.2 Å². The zero-order valence-electron chi connectivity index (χ0n) is 22.7. The summed E-state index contributed by atoms with van der Waals surface area (Å²) in [6, 6.07) is 2.44. The van der Waals surface area contributed by atoms with Gasteiger partial charge >= 0.3 is 6.18 Å². The molecule has 2 N–H and O–H groups in total. The van der Waals surface area contributed by atoms with Crippen molar-refractivity contribution in [2.75, 3.05) is 17.2 Å². The molecule has 0 saturated carbocycles. The van der Waals surface area contributed by atoms with E-state index in [-0.39, 0.29) is 16.8 Å². The molecule has 1 unspecified atom stereocenters. The molecule has 1 aliphatic heterocycles. The first-order valence-electron chi connectivity index (χ1n) is 12.1. The number of carbonyl (C=O) groups excluding carboxylic acids is 1. The number of hydrogen-bond donors (Lipinski definition) is 1. The van der Waals surface area contributed by atoms with Gasteiger partial charge in [-0.05, 0) is 38.9 Å². The van der Waals surface area contributed by atoms with Gasteiger partial charge in [0.2, 0.25) is 0 Å². The van der Waals surface area contributed by atoms with Crippen LogP contribution >= 0.6 is 0 Å². The summed E-state index contributed by atoms with van der Waals surface area (Å²) in [5, 5.41) is 13.6. The number of nitriles is 1. The Morgan fingerprint density at radius 3 is 2.84 bits per heavy atom. The van der Waals surface area contributed by atoms with E-state index in [1.807, 2.05) is 0 Å². The molecular formula is C21H19F3N6O2. The number of nitrogens with two attached hydrogens (primary N) is 1. The van der Waals surface area contributed by atoms with Crippen molar-refractivity contribution in [1.82, 2.24) is 14.6 Å². The van der Waals surface area contributed by atoms with Crippen LogP contribution in [0.1, 0.15) is 40.1 Å². The lowest BCUT2D eigenvalue weighted by Crippen LogP contribution is -2.58. The molecule has 166 valence electrons. The second-order valence-electron chi connectivity index (χ2n) is 7.39. The molecule has 4 rings (SSSR count). The minimum Gasteiger partial charge on any atom is -0.382 e. The van der Waals surface area contributed by atoms with E-state index >= 15 is 0 Å². The molecule has 1 aliphatic rings. The number of anilines is 2. The first-order valence-corrected chi connectivity index (χ1v) is 9.07. The summed E-state index contributed by atoms with van der Waals surface area (Å²) in [5.74, 6) is -1.63. The van der Waals surface area contributed by atoms with Gasteiger partial charge in [0.15, 0.2) is 5.82 Å². The lowest BCUT2D eigenvalue weighted by molar-refractivity contribution is -0.147. The lowest BCUT2D eigenvalue weighted by atomic mass is 9.99. The van der Waals surface area contributed by atoms with Gasteiger partial charge < -0.3 is 15.4 Å². The van der Waals surface area contributed by atoms with Gasteiger partial charge in [-0.2, -0.15) is 23.5 Å². The number of fused-ring (bicyclic) bond motifs is 1. The molecule has 1 amide bonds. The fraction of sp³-hybridized carbons (Fsp3) is 0.333. The van der Waals surface area contributed by atoms with E-state index in [1.165, 1.54) is 6.07 Å². The van der Waals surface area contributed by atoms with E-state index in [2.05, 4.69) is 10.1 Å². The van der Waals surface area contributed by atoms with E-state index in [4.69, 9.17) is 18.7 Å². The third-order valence-corrected chi connectivity index (χ3v) is 4.89. The van der Waals surface area contributed by atoms with Gasteiger partial charge in [-0.15, -0.1) is 0 Å². The number of benzene rings is 1. The fourth-order valence-corrected chi connectivity index (χ4v) is 3.33. The van der Waals surface area contributed by atoms with Crippen molar-refractivity contribution in [3.8, 4) is 17.3 Å². The van der Waals surface area contributed by atoms with Crippen LogP contribution in [0.25, 0.3) is 16.8 Å². The number of amides is 1. The summed E-state index contributed by atoms with van der Waals surface area (Å²) in [6.45, 7) is -4.46. The zero-order chi connectivity index (χ0) is 28.6. The number of nitrogen functional groups attached to an aromatic ring is 1. The Balaban J connectivity index is 2.07. The van der Waals surface area contributed by atoms with Crippen molar-refractivity contribution in [1.29, 1.82) is 5.26 Å². The molecule has 0 aliphatic carbocycles. The third kappa shape index (κ3) is 3.33. The van der Waals surface area contributed by atoms with Crippen molar-refractivity contribution in [2.24, 2.45) is 0 Å². The maximum absolute atomic E-state index is 13.8. The van der Waals surface area contributed by atoms with Crippen molar-refractivity contribution < 1.29 is 30.9 Å². The number of carbonyl (C=O) groups is 1. The third-order valence-electron chi connectivity index (χ3n) is 4.89. The van der Waals surface area contributed by atoms with E-state index in [1.54, 1.807) is 6.07 Å². The van der Waals surface area contributed by atoms with Crippen molar-refractivity contribution in [3.05, 3.63) is 41.7 Å². The number of nitrogens with zero attached hydrogens (tertiary/aromatic N) is 5. The smallest absolute Gasteiger partial charge is 0.382 e. The highest BCUT2D eigenvalue weighted by Crippen LogP contribution is 2.40. The fourth-order valence-electron chi connectivity index (χ4n) is 3.33. The Morgan fingerprint density at radius 2 is 2.19 bits per heavy atom. The Morgan fingerprint density at radius 1 is 1.44 bits per heavy atom. The zero-order valence-corrected chi connectivity index (χ0v) is 16.7. The first-order chi connectivity index (χ1) is 17.3. The maximum atomic E-state index is 13.8. The standard InChI is InChI=1S/C21H19F3N6O2/c1-11-9-32-20(2,3)19(31)29(11)15-6-12(4-5-13(15)8-25)16-7-14(21(22,23)24)17-18(26)27-10-28-30(16)17/h4-7,10-11H,9H2,1-3H3,(H2,26,27,28)/i1D3,9D2,11D. The minimum absolute atomic E-state index is 0.0758. The van der Waals surface area contributed by atoms with Gasteiger partial charge in [-0.25, -0.2) is 9.50 Å². The number of ether oxygens (including phenoxy) is 1. The van der Waals surface area contributed by atoms with Crippen LogP contribution in [0.5, 0.6) is 0 Å². The average molecular weight is 450 g/mol. The quantitative estimate of drug-likeness (QED) is 0.641. The highest BCUT2D eigenvalue weighted by Gasteiger charge is 2.42. The molecule has 0 bridgehead atoms. The number of hydrogen-bond acceptors (Lipinski definition) is 6. The number of aromatic nitrogens is 3. The Kier molecular flexibility index (Phi) is 3.42. The van der Waals surface area contributed by atoms with Gasteiger partial charge in [0, 0.05) is 9.68 Å². The normalized spacial score (nSPS) is 25.8. The summed E-state index contributed by atoms with van der Waals surface area (Å²) >= 11 is 0. The molecule has 0 radical (unpaired) electrons. The SMILES string of the molecule is [2H]C([2H])([2H])C1([2H])N(c2cc(-c3cc(C(F)(F)F)c4c(N)ncnn34)ccc2C#N)C(=O)C(C)(C)OC1([2H])[2H]. The first kappa shape index (κ1) is 15.2. The maximum Gasteiger partial charge on any atom is 0.418 e. The van der Waals surface area contributed by atoms with E-state index in [0.29, 0.717) is 11.0 Å².